The monoisotopic (exact) mass is 403 g/mol. The Labute approximate surface area is 151 Å². The number of nitrogens with zero attached hydrogens (tertiary/aromatic N) is 5. The Bertz CT molecular complexity index is 869. The Morgan fingerprint density at radius 1 is 1.12 bits per heavy atom. The van der Waals surface area contributed by atoms with Crippen LogP contribution in [0.15, 0.2) is 53.0 Å². The molecule has 3 rings (SSSR count). The van der Waals surface area contributed by atoms with Crippen LogP contribution in [0.1, 0.15) is 0 Å². The quantitative estimate of drug-likeness (QED) is 0.354. The normalized spacial score (nSPS) is 10.4. The fourth-order valence-electron chi connectivity index (χ4n) is 2.22. The maximum atomic E-state index is 11.1. The van der Waals surface area contributed by atoms with E-state index in [-0.39, 0.29) is 5.69 Å². The largest absolute Gasteiger partial charge is 0.378 e. The van der Waals surface area contributed by atoms with Gasteiger partial charge in [0.05, 0.1) is 10.6 Å². The summed E-state index contributed by atoms with van der Waals surface area (Å²) in [6.07, 6.45) is 0. The van der Waals surface area contributed by atoms with Gasteiger partial charge in [-0.3, -0.25) is 10.1 Å². The zero-order valence-corrected chi connectivity index (χ0v) is 14.5. The first-order chi connectivity index (χ1) is 12.1. The summed E-state index contributed by atoms with van der Waals surface area (Å²) in [6.45, 7) is 0.940. The van der Waals surface area contributed by atoms with Gasteiger partial charge in [-0.1, -0.05) is 39.2 Å². The van der Waals surface area contributed by atoms with Crippen LogP contribution < -0.4 is 10.6 Å². The molecule has 128 valence electrons. The number of benzene rings is 2. The zero-order chi connectivity index (χ0) is 17.6. The lowest BCUT2D eigenvalue weighted by Gasteiger charge is -2.09. The number of para-hydroxylation sites is 1. The first-order valence-electron chi connectivity index (χ1n) is 7.40. The average molecular weight is 404 g/mol. The topological polar surface area (TPSA) is 111 Å². The van der Waals surface area contributed by atoms with E-state index in [0.29, 0.717) is 24.7 Å². The summed E-state index contributed by atoms with van der Waals surface area (Å²) in [6, 6.07) is 14.3. The number of hydrogen-bond acceptors (Lipinski definition) is 7. The van der Waals surface area contributed by atoms with Crippen molar-refractivity contribution in [1.29, 1.82) is 0 Å². The van der Waals surface area contributed by atoms with Gasteiger partial charge in [0.25, 0.3) is 5.69 Å². The minimum atomic E-state index is -0.418. The van der Waals surface area contributed by atoms with Crippen molar-refractivity contribution in [2.45, 2.75) is 0 Å². The second kappa shape index (κ2) is 7.71. The molecule has 0 saturated heterocycles. The summed E-state index contributed by atoms with van der Waals surface area (Å²) in [5, 5.41) is 28.8. The number of hydrogen-bond donors (Lipinski definition) is 2. The number of aromatic nitrogens is 4. The molecule has 2 N–H and O–H groups in total. The van der Waals surface area contributed by atoms with Crippen LogP contribution >= 0.6 is 15.9 Å². The van der Waals surface area contributed by atoms with E-state index < -0.39 is 4.92 Å². The molecule has 0 bridgehead atoms. The van der Waals surface area contributed by atoms with Crippen LogP contribution in [0.5, 0.6) is 0 Å². The van der Waals surface area contributed by atoms with Crippen molar-refractivity contribution in [3.8, 4) is 5.69 Å². The van der Waals surface area contributed by atoms with E-state index in [1.165, 1.54) is 6.07 Å². The third-order valence-electron chi connectivity index (χ3n) is 3.35. The van der Waals surface area contributed by atoms with E-state index in [0.717, 1.165) is 10.2 Å². The molecular weight excluding hydrogens is 390 g/mol. The van der Waals surface area contributed by atoms with Crippen LogP contribution in [-0.4, -0.2) is 38.2 Å². The van der Waals surface area contributed by atoms with Gasteiger partial charge in [-0.2, -0.15) is 4.68 Å². The summed E-state index contributed by atoms with van der Waals surface area (Å²) in [4.78, 5) is 10.6. The van der Waals surface area contributed by atoms with Crippen molar-refractivity contribution in [3.63, 3.8) is 0 Å². The van der Waals surface area contributed by atoms with Crippen molar-refractivity contribution in [3.05, 3.63) is 63.1 Å². The summed E-state index contributed by atoms with van der Waals surface area (Å²) < 4.78 is 2.35. The van der Waals surface area contributed by atoms with Crippen LogP contribution in [-0.2, 0) is 0 Å². The molecule has 1 aromatic heterocycles. The molecule has 0 amide bonds. The lowest BCUT2D eigenvalue weighted by atomic mass is 10.2. The lowest BCUT2D eigenvalue weighted by molar-refractivity contribution is -0.384. The Hall–Kier alpha value is -3.01. The fourth-order valence-corrected chi connectivity index (χ4v) is 2.58. The Morgan fingerprint density at radius 3 is 2.64 bits per heavy atom. The standard InChI is InChI=1S/C15H14BrN7O2/c16-11-6-7-14(23(24)25)13(10-11)17-8-9-18-15-19-20-21-22(15)12-4-2-1-3-5-12/h1-7,10,17H,8-9H2,(H,18,19,21). The van der Waals surface area contributed by atoms with Crippen molar-refractivity contribution in [1.82, 2.24) is 20.2 Å². The summed E-state index contributed by atoms with van der Waals surface area (Å²) >= 11 is 3.31. The molecule has 0 spiro atoms. The van der Waals surface area contributed by atoms with Gasteiger partial charge in [0.15, 0.2) is 0 Å². The van der Waals surface area contributed by atoms with Gasteiger partial charge in [-0.25, -0.2) is 0 Å². The maximum Gasteiger partial charge on any atom is 0.292 e. The Kier molecular flexibility index (Phi) is 5.19. The van der Waals surface area contributed by atoms with Gasteiger partial charge in [0, 0.05) is 23.6 Å². The molecule has 25 heavy (non-hydrogen) atoms. The lowest BCUT2D eigenvalue weighted by Crippen LogP contribution is -2.17. The molecule has 0 fully saturated rings. The van der Waals surface area contributed by atoms with Crippen molar-refractivity contribution in [2.24, 2.45) is 0 Å². The SMILES string of the molecule is O=[N+]([O-])c1ccc(Br)cc1NCCNc1nnnn1-c1ccccc1. The van der Waals surface area contributed by atoms with E-state index >= 15 is 0 Å². The van der Waals surface area contributed by atoms with Crippen LogP contribution in [0.2, 0.25) is 0 Å². The number of anilines is 2. The zero-order valence-electron chi connectivity index (χ0n) is 13.0. The van der Waals surface area contributed by atoms with Gasteiger partial charge < -0.3 is 10.6 Å². The van der Waals surface area contributed by atoms with E-state index in [9.17, 15) is 10.1 Å². The molecule has 2 aromatic carbocycles. The number of rotatable bonds is 7. The van der Waals surface area contributed by atoms with Gasteiger partial charge >= 0.3 is 0 Å². The van der Waals surface area contributed by atoms with Crippen molar-refractivity contribution >= 4 is 33.3 Å². The predicted octanol–water partition coefficient (Wildman–Crippen LogP) is 2.86. The minimum Gasteiger partial charge on any atom is -0.378 e. The van der Waals surface area contributed by atoms with Crippen LogP contribution in [0.3, 0.4) is 0 Å². The number of halogens is 1. The number of tetrazole rings is 1. The van der Waals surface area contributed by atoms with Gasteiger partial charge in [-0.05, 0) is 34.7 Å². The Balaban J connectivity index is 1.61. The summed E-state index contributed by atoms with van der Waals surface area (Å²) in [5.41, 5.74) is 1.31. The summed E-state index contributed by atoms with van der Waals surface area (Å²) in [5.74, 6) is 0.497. The maximum absolute atomic E-state index is 11.1. The molecule has 0 radical (unpaired) electrons. The van der Waals surface area contributed by atoms with Crippen molar-refractivity contribution in [2.75, 3.05) is 23.7 Å². The third kappa shape index (κ3) is 4.10. The molecule has 0 unspecified atom stereocenters. The number of nitrogens with one attached hydrogen (secondary N) is 2. The van der Waals surface area contributed by atoms with Gasteiger partial charge in [0.1, 0.15) is 5.69 Å². The first-order valence-corrected chi connectivity index (χ1v) is 8.20. The van der Waals surface area contributed by atoms with Crippen LogP contribution in [0, 0.1) is 10.1 Å². The highest BCUT2D eigenvalue weighted by Gasteiger charge is 2.13. The smallest absolute Gasteiger partial charge is 0.292 e. The van der Waals surface area contributed by atoms with Gasteiger partial charge in [0.2, 0.25) is 5.95 Å². The number of nitro benzene ring substituents is 1. The molecule has 9 nitrogen and oxygen atoms in total. The number of nitro groups is 1. The summed E-state index contributed by atoms with van der Waals surface area (Å²) in [7, 11) is 0. The third-order valence-corrected chi connectivity index (χ3v) is 3.84. The van der Waals surface area contributed by atoms with Crippen molar-refractivity contribution < 1.29 is 4.92 Å². The van der Waals surface area contributed by atoms with Crippen LogP contribution in [0.4, 0.5) is 17.3 Å². The molecule has 0 atom stereocenters. The molecule has 0 aliphatic carbocycles. The Morgan fingerprint density at radius 2 is 1.88 bits per heavy atom. The molecule has 3 aromatic rings. The molecule has 10 heteroatoms. The fraction of sp³-hybridized carbons (Fsp3) is 0.133. The highest BCUT2D eigenvalue weighted by atomic mass is 79.9. The molecular formula is C15H14BrN7O2. The van der Waals surface area contributed by atoms with Crippen LogP contribution in [0.25, 0.3) is 5.69 Å². The van der Waals surface area contributed by atoms with Gasteiger partial charge in [-0.15, -0.1) is 0 Å². The van der Waals surface area contributed by atoms with E-state index in [1.54, 1.807) is 16.8 Å². The van der Waals surface area contributed by atoms with E-state index in [1.807, 2.05) is 30.3 Å². The van der Waals surface area contributed by atoms with E-state index in [2.05, 4.69) is 42.1 Å². The minimum absolute atomic E-state index is 0.0253. The highest BCUT2D eigenvalue weighted by Crippen LogP contribution is 2.27. The van der Waals surface area contributed by atoms with E-state index in [4.69, 9.17) is 0 Å². The predicted molar refractivity (Wildman–Crippen MR) is 96.9 cm³/mol. The second-order valence-electron chi connectivity index (χ2n) is 5.02. The first kappa shape index (κ1) is 16.8. The average Bonchev–Trinajstić information content (AvgIpc) is 3.08. The molecule has 0 saturated carbocycles. The highest BCUT2D eigenvalue weighted by molar-refractivity contribution is 9.10. The molecule has 0 aliphatic rings. The molecule has 0 aliphatic heterocycles. The molecule has 1 heterocycles. The second-order valence-corrected chi connectivity index (χ2v) is 5.94.